The zero-order valence-electron chi connectivity index (χ0n) is 8.76. The van der Waals surface area contributed by atoms with E-state index in [-0.39, 0.29) is 11.3 Å². The van der Waals surface area contributed by atoms with Crippen molar-refractivity contribution >= 4 is 12.0 Å². The first-order valence-corrected chi connectivity index (χ1v) is 4.75. The highest BCUT2D eigenvalue weighted by molar-refractivity contribution is 5.76. The number of halogens is 2. The summed E-state index contributed by atoms with van der Waals surface area (Å²) in [6.45, 7) is 2.49. The van der Waals surface area contributed by atoms with Gasteiger partial charge in [0.15, 0.2) is 0 Å². The lowest BCUT2D eigenvalue weighted by Gasteiger charge is -2.19. The summed E-state index contributed by atoms with van der Waals surface area (Å²) in [4.78, 5) is 11.9. The molecule has 0 fully saturated rings. The number of carbonyl (C=O) groups excluding carboxylic acids is 1. The predicted molar refractivity (Wildman–Crippen MR) is 55.3 cm³/mol. The molecule has 15 heavy (non-hydrogen) atoms. The topological polar surface area (TPSA) is 20.3 Å². The van der Waals surface area contributed by atoms with Gasteiger partial charge in [-0.3, -0.25) is 4.79 Å². The Labute approximate surface area is 87.5 Å². The molecule has 0 saturated heterocycles. The average molecular weight is 213 g/mol. The van der Waals surface area contributed by atoms with Crippen molar-refractivity contribution in [3.05, 3.63) is 29.3 Å². The Morgan fingerprint density at radius 3 is 2.27 bits per heavy atom. The second kappa shape index (κ2) is 4.87. The minimum Gasteiger partial charge on any atom is -0.370 e. The Bertz CT molecular complexity index is 343. The zero-order valence-corrected chi connectivity index (χ0v) is 8.76. The molecule has 2 nitrogen and oxygen atoms in total. The van der Waals surface area contributed by atoms with Crippen molar-refractivity contribution in [1.82, 2.24) is 0 Å². The molecule has 1 rings (SSSR count). The van der Waals surface area contributed by atoms with Crippen LogP contribution in [0.4, 0.5) is 14.5 Å². The van der Waals surface area contributed by atoms with E-state index >= 15 is 0 Å². The van der Waals surface area contributed by atoms with Crippen LogP contribution in [0.25, 0.3) is 0 Å². The van der Waals surface area contributed by atoms with Crippen molar-refractivity contribution < 1.29 is 13.6 Å². The van der Waals surface area contributed by atoms with E-state index < -0.39 is 11.6 Å². The molecule has 0 atom stereocenters. The summed E-state index contributed by atoms with van der Waals surface area (Å²) in [6.07, 6.45) is 1.22. The maximum atomic E-state index is 13.4. The minimum absolute atomic E-state index is 0.0126. The molecule has 0 aliphatic carbocycles. The highest BCUT2D eigenvalue weighted by Crippen LogP contribution is 2.23. The molecule has 0 bridgehead atoms. The van der Waals surface area contributed by atoms with Gasteiger partial charge in [-0.25, -0.2) is 8.78 Å². The van der Waals surface area contributed by atoms with E-state index in [0.29, 0.717) is 12.8 Å². The van der Waals surface area contributed by atoms with Crippen molar-refractivity contribution in [2.45, 2.75) is 13.3 Å². The predicted octanol–water partition coefficient (Wildman–Crippen LogP) is 2.62. The van der Waals surface area contributed by atoms with E-state index in [1.54, 1.807) is 7.05 Å². The quantitative estimate of drug-likeness (QED) is 0.716. The van der Waals surface area contributed by atoms with Gasteiger partial charge in [0, 0.05) is 19.2 Å². The van der Waals surface area contributed by atoms with Crippen LogP contribution in [0.15, 0.2) is 12.1 Å². The number of hydrogen-bond donors (Lipinski definition) is 0. The first-order chi connectivity index (χ1) is 7.10. The Balaban J connectivity index is 3.12. The van der Waals surface area contributed by atoms with Crippen molar-refractivity contribution in [3.8, 4) is 0 Å². The Morgan fingerprint density at radius 1 is 1.33 bits per heavy atom. The first kappa shape index (κ1) is 11.6. The van der Waals surface area contributed by atoms with Crippen LogP contribution in [-0.2, 0) is 0 Å². The summed E-state index contributed by atoms with van der Waals surface area (Å²) in [5, 5.41) is 0. The van der Waals surface area contributed by atoms with Crippen molar-refractivity contribution in [1.29, 1.82) is 0 Å². The number of nitrogens with zero attached hydrogens (tertiary/aromatic N) is 1. The SMILES string of the molecule is CCCN(C)c1c(F)cc(C=O)cc1F. The van der Waals surface area contributed by atoms with Gasteiger partial charge < -0.3 is 4.90 Å². The van der Waals surface area contributed by atoms with Gasteiger partial charge in [0.05, 0.1) is 0 Å². The van der Waals surface area contributed by atoms with Gasteiger partial charge >= 0.3 is 0 Å². The Kier molecular flexibility index (Phi) is 3.77. The molecule has 0 radical (unpaired) electrons. The van der Waals surface area contributed by atoms with Crippen LogP contribution >= 0.6 is 0 Å². The number of benzene rings is 1. The van der Waals surface area contributed by atoms with Crippen molar-refractivity contribution in [3.63, 3.8) is 0 Å². The summed E-state index contributed by atoms with van der Waals surface area (Å²) < 4.78 is 26.9. The molecule has 0 aliphatic rings. The van der Waals surface area contributed by atoms with Crippen molar-refractivity contribution in [2.75, 3.05) is 18.5 Å². The fourth-order valence-electron chi connectivity index (χ4n) is 1.47. The molecule has 0 unspecified atom stereocenters. The monoisotopic (exact) mass is 213 g/mol. The van der Waals surface area contributed by atoms with Crippen molar-refractivity contribution in [2.24, 2.45) is 0 Å². The van der Waals surface area contributed by atoms with Crippen LogP contribution in [0.2, 0.25) is 0 Å². The summed E-state index contributed by atoms with van der Waals surface area (Å²) >= 11 is 0. The van der Waals surface area contributed by atoms with Gasteiger partial charge in [-0.2, -0.15) is 0 Å². The molecule has 4 heteroatoms. The van der Waals surface area contributed by atoms with Gasteiger partial charge in [-0.1, -0.05) is 6.92 Å². The van der Waals surface area contributed by atoms with E-state index in [1.807, 2.05) is 6.92 Å². The smallest absolute Gasteiger partial charge is 0.150 e. The first-order valence-electron chi connectivity index (χ1n) is 4.75. The van der Waals surface area contributed by atoms with Crippen LogP contribution in [0.5, 0.6) is 0 Å². The van der Waals surface area contributed by atoms with E-state index in [9.17, 15) is 13.6 Å². The summed E-state index contributed by atoms with van der Waals surface area (Å²) in [6, 6.07) is 2.08. The van der Waals surface area contributed by atoms with Crippen LogP contribution in [0.3, 0.4) is 0 Å². The minimum atomic E-state index is -0.701. The van der Waals surface area contributed by atoms with E-state index in [2.05, 4.69) is 0 Å². The number of anilines is 1. The van der Waals surface area contributed by atoms with Crippen LogP contribution in [-0.4, -0.2) is 19.9 Å². The van der Waals surface area contributed by atoms with Gasteiger partial charge in [0.25, 0.3) is 0 Å². The van der Waals surface area contributed by atoms with Gasteiger partial charge in [-0.05, 0) is 18.6 Å². The molecule has 0 aromatic heterocycles. The van der Waals surface area contributed by atoms with E-state index in [0.717, 1.165) is 18.6 Å². The van der Waals surface area contributed by atoms with Gasteiger partial charge in [0.1, 0.15) is 23.6 Å². The fraction of sp³-hybridized carbons (Fsp3) is 0.364. The number of rotatable bonds is 4. The third kappa shape index (κ3) is 2.52. The standard InChI is InChI=1S/C11H13F2NO/c1-3-4-14(2)11-9(12)5-8(7-15)6-10(11)13/h5-7H,3-4H2,1-2H3. The highest BCUT2D eigenvalue weighted by Gasteiger charge is 2.14. The normalized spacial score (nSPS) is 10.1. The van der Waals surface area contributed by atoms with E-state index in [1.165, 1.54) is 4.90 Å². The molecule has 0 saturated carbocycles. The molecule has 0 aliphatic heterocycles. The summed E-state index contributed by atoms with van der Waals surface area (Å²) in [5.74, 6) is -1.40. The number of carbonyl (C=O) groups is 1. The molecule has 0 spiro atoms. The Hall–Kier alpha value is -1.45. The van der Waals surface area contributed by atoms with Crippen LogP contribution in [0, 0.1) is 11.6 Å². The molecule has 0 N–H and O–H groups in total. The van der Waals surface area contributed by atoms with Gasteiger partial charge in [0.2, 0.25) is 0 Å². The summed E-state index contributed by atoms with van der Waals surface area (Å²) in [7, 11) is 1.62. The van der Waals surface area contributed by atoms with E-state index in [4.69, 9.17) is 0 Å². The molecular formula is C11H13F2NO. The summed E-state index contributed by atoms with van der Waals surface area (Å²) in [5.41, 5.74) is -0.0684. The third-order valence-corrected chi connectivity index (χ3v) is 2.12. The molecular weight excluding hydrogens is 200 g/mol. The fourth-order valence-corrected chi connectivity index (χ4v) is 1.47. The highest BCUT2D eigenvalue weighted by atomic mass is 19.1. The van der Waals surface area contributed by atoms with Gasteiger partial charge in [-0.15, -0.1) is 0 Å². The average Bonchev–Trinajstić information content (AvgIpc) is 2.16. The lowest BCUT2D eigenvalue weighted by Crippen LogP contribution is -2.20. The lowest BCUT2D eigenvalue weighted by molar-refractivity contribution is 0.112. The maximum Gasteiger partial charge on any atom is 0.150 e. The maximum absolute atomic E-state index is 13.4. The molecule has 0 amide bonds. The molecule has 82 valence electrons. The van der Waals surface area contributed by atoms with Crippen LogP contribution in [0.1, 0.15) is 23.7 Å². The zero-order chi connectivity index (χ0) is 11.4. The number of hydrogen-bond acceptors (Lipinski definition) is 2. The molecule has 1 aromatic rings. The Morgan fingerprint density at radius 2 is 1.87 bits per heavy atom. The second-order valence-electron chi connectivity index (χ2n) is 3.37. The number of aldehydes is 1. The van der Waals surface area contributed by atoms with Crippen LogP contribution < -0.4 is 4.90 Å². The largest absolute Gasteiger partial charge is 0.370 e. The molecule has 0 heterocycles. The lowest BCUT2D eigenvalue weighted by atomic mass is 10.2. The molecule has 1 aromatic carbocycles. The third-order valence-electron chi connectivity index (χ3n) is 2.12. The second-order valence-corrected chi connectivity index (χ2v) is 3.37.